The molecule has 0 spiro atoms. The molecule has 100 valence electrons. The number of rotatable bonds is 3. The lowest BCUT2D eigenvalue weighted by Crippen LogP contribution is -2.27. The van der Waals surface area contributed by atoms with Crippen LogP contribution in [0.1, 0.15) is 26.3 Å². The number of ether oxygens (including phenoxy) is 1. The average molecular weight is 256 g/mol. The predicted octanol–water partition coefficient (Wildman–Crippen LogP) is 2.65. The lowest BCUT2D eigenvalue weighted by Gasteiger charge is -2.19. The number of amides is 1. The highest BCUT2D eigenvalue weighted by atomic mass is 19.1. The number of carbonyl (C=O) groups is 1. The van der Waals surface area contributed by atoms with Gasteiger partial charge in [0.25, 0.3) is 0 Å². The van der Waals surface area contributed by atoms with Gasteiger partial charge < -0.3 is 9.94 Å². The molecule has 6 heteroatoms. The maximum atomic E-state index is 13.3. The van der Waals surface area contributed by atoms with Crippen LogP contribution in [0.4, 0.5) is 14.9 Å². The van der Waals surface area contributed by atoms with E-state index in [9.17, 15) is 9.18 Å². The van der Waals surface area contributed by atoms with E-state index < -0.39 is 17.5 Å². The monoisotopic (exact) mass is 256 g/mol. The van der Waals surface area contributed by atoms with Crippen molar-refractivity contribution in [1.82, 2.24) is 5.48 Å². The molecule has 18 heavy (non-hydrogen) atoms. The van der Waals surface area contributed by atoms with Crippen LogP contribution in [0.3, 0.4) is 0 Å². The lowest BCUT2D eigenvalue weighted by atomic mass is 10.2. The van der Waals surface area contributed by atoms with Crippen LogP contribution >= 0.6 is 0 Å². The maximum Gasteiger partial charge on any atom is 0.412 e. The van der Waals surface area contributed by atoms with Gasteiger partial charge in [-0.25, -0.2) is 14.7 Å². The minimum absolute atomic E-state index is 0.0460. The number of hydrogen-bond acceptors (Lipinski definition) is 4. The first-order chi connectivity index (χ1) is 8.31. The van der Waals surface area contributed by atoms with Crippen LogP contribution < -0.4 is 10.8 Å². The van der Waals surface area contributed by atoms with Crippen LogP contribution in [0.2, 0.25) is 0 Å². The number of benzene rings is 1. The van der Waals surface area contributed by atoms with Gasteiger partial charge in [0.05, 0.1) is 0 Å². The van der Waals surface area contributed by atoms with E-state index in [1.54, 1.807) is 20.8 Å². The molecule has 0 saturated heterocycles. The van der Waals surface area contributed by atoms with Crippen LogP contribution in [-0.2, 0) is 11.3 Å². The van der Waals surface area contributed by atoms with E-state index in [4.69, 9.17) is 9.94 Å². The van der Waals surface area contributed by atoms with Gasteiger partial charge in [0.1, 0.15) is 11.4 Å². The van der Waals surface area contributed by atoms with E-state index in [0.717, 1.165) is 0 Å². The summed E-state index contributed by atoms with van der Waals surface area (Å²) in [6.07, 6.45) is -0.614. The molecule has 1 rings (SSSR count). The van der Waals surface area contributed by atoms with Gasteiger partial charge in [-0.05, 0) is 39.0 Å². The lowest BCUT2D eigenvalue weighted by molar-refractivity contribution is 0.0636. The van der Waals surface area contributed by atoms with Gasteiger partial charge in [0.15, 0.2) is 0 Å². The third-order valence-corrected chi connectivity index (χ3v) is 1.96. The standard InChI is InChI=1S/C12H17FN2O3/c1-12(2,3)18-11(16)15-9-4-5-10(13)8(6-9)7-14-17/h4-6,14,17H,7H2,1-3H3,(H,15,16). The highest BCUT2D eigenvalue weighted by Crippen LogP contribution is 2.16. The van der Waals surface area contributed by atoms with E-state index in [2.05, 4.69) is 5.32 Å². The Bertz CT molecular complexity index is 430. The van der Waals surface area contributed by atoms with Gasteiger partial charge in [-0.3, -0.25) is 5.32 Å². The topological polar surface area (TPSA) is 70.6 Å². The molecule has 1 aromatic carbocycles. The second-order valence-corrected chi connectivity index (χ2v) is 4.77. The second kappa shape index (κ2) is 5.79. The van der Waals surface area contributed by atoms with Crippen molar-refractivity contribution < 1.29 is 19.1 Å². The summed E-state index contributed by atoms with van der Waals surface area (Å²) in [5.41, 5.74) is 1.90. The number of anilines is 1. The first-order valence-electron chi connectivity index (χ1n) is 5.47. The molecule has 0 aromatic heterocycles. The first kappa shape index (κ1) is 14.4. The van der Waals surface area contributed by atoms with Gasteiger partial charge in [-0.2, -0.15) is 0 Å². The molecule has 0 saturated carbocycles. The van der Waals surface area contributed by atoms with Crippen molar-refractivity contribution in [1.29, 1.82) is 0 Å². The van der Waals surface area contributed by atoms with Crippen molar-refractivity contribution in [2.24, 2.45) is 0 Å². The number of nitrogens with one attached hydrogen (secondary N) is 2. The molecule has 0 heterocycles. The van der Waals surface area contributed by atoms with Crippen molar-refractivity contribution in [2.45, 2.75) is 32.9 Å². The Morgan fingerprint density at radius 2 is 2.11 bits per heavy atom. The molecule has 1 aromatic rings. The fourth-order valence-corrected chi connectivity index (χ4v) is 1.29. The number of carbonyl (C=O) groups excluding carboxylic acids is 1. The summed E-state index contributed by atoms with van der Waals surface area (Å²) >= 11 is 0. The predicted molar refractivity (Wildman–Crippen MR) is 64.9 cm³/mol. The fraction of sp³-hybridized carbons (Fsp3) is 0.417. The molecule has 0 aliphatic heterocycles. The molecule has 0 fully saturated rings. The fourth-order valence-electron chi connectivity index (χ4n) is 1.29. The Morgan fingerprint density at radius 1 is 1.44 bits per heavy atom. The van der Waals surface area contributed by atoms with Gasteiger partial charge in [0.2, 0.25) is 0 Å². The number of hydroxylamine groups is 1. The van der Waals surface area contributed by atoms with Gasteiger partial charge in [-0.1, -0.05) is 0 Å². The van der Waals surface area contributed by atoms with Gasteiger partial charge >= 0.3 is 6.09 Å². The first-order valence-corrected chi connectivity index (χ1v) is 5.47. The Hall–Kier alpha value is -1.66. The molecular weight excluding hydrogens is 239 g/mol. The zero-order valence-electron chi connectivity index (χ0n) is 10.6. The SMILES string of the molecule is CC(C)(C)OC(=O)Nc1ccc(F)c(CNO)c1. The molecule has 0 atom stereocenters. The smallest absolute Gasteiger partial charge is 0.412 e. The van der Waals surface area contributed by atoms with Crippen molar-refractivity contribution in [3.05, 3.63) is 29.6 Å². The average Bonchev–Trinajstić information content (AvgIpc) is 2.20. The highest BCUT2D eigenvalue weighted by Gasteiger charge is 2.16. The Kier molecular flexibility index (Phi) is 4.63. The third-order valence-electron chi connectivity index (χ3n) is 1.96. The molecule has 0 unspecified atom stereocenters. The van der Waals surface area contributed by atoms with Crippen LogP contribution in [0, 0.1) is 5.82 Å². The number of hydrogen-bond donors (Lipinski definition) is 3. The summed E-state index contributed by atoms with van der Waals surface area (Å²) in [5, 5.41) is 11.0. The number of halogens is 1. The Labute approximate surface area is 105 Å². The summed E-state index contributed by atoms with van der Waals surface area (Å²) in [7, 11) is 0. The highest BCUT2D eigenvalue weighted by molar-refractivity contribution is 5.84. The summed E-state index contributed by atoms with van der Waals surface area (Å²) < 4.78 is 18.3. The van der Waals surface area contributed by atoms with E-state index >= 15 is 0 Å². The summed E-state index contributed by atoms with van der Waals surface area (Å²) in [4.78, 5) is 11.5. The molecular formula is C12H17FN2O3. The van der Waals surface area contributed by atoms with Crippen molar-refractivity contribution in [3.63, 3.8) is 0 Å². The van der Waals surface area contributed by atoms with E-state index in [0.29, 0.717) is 5.69 Å². The van der Waals surface area contributed by atoms with Crippen LogP contribution in [0.25, 0.3) is 0 Å². The van der Waals surface area contributed by atoms with Crippen LogP contribution in [0.15, 0.2) is 18.2 Å². The molecule has 5 nitrogen and oxygen atoms in total. The summed E-state index contributed by atoms with van der Waals surface area (Å²) in [6.45, 7) is 5.20. The molecule has 1 amide bonds. The second-order valence-electron chi connectivity index (χ2n) is 4.77. The van der Waals surface area contributed by atoms with E-state index in [1.807, 2.05) is 5.48 Å². The van der Waals surface area contributed by atoms with Crippen molar-refractivity contribution in [3.8, 4) is 0 Å². The summed E-state index contributed by atoms with van der Waals surface area (Å²) in [6, 6.07) is 4.04. The molecule has 0 aliphatic rings. The zero-order chi connectivity index (χ0) is 13.8. The van der Waals surface area contributed by atoms with Crippen molar-refractivity contribution in [2.75, 3.05) is 5.32 Å². The minimum atomic E-state index is -0.614. The maximum absolute atomic E-state index is 13.3. The van der Waals surface area contributed by atoms with Gasteiger partial charge in [0, 0.05) is 17.8 Å². The summed E-state index contributed by atoms with van der Waals surface area (Å²) in [5.74, 6) is -0.466. The van der Waals surface area contributed by atoms with E-state index in [1.165, 1.54) is 18.2 Å². The minimum Gasteiger partial charge on any atom is -0.444 e. The normalized spacial score (nSPS) is 11.2. The quantitative estimate of drug-likeness (QED) is 0.727. The van der Waals surface area contributed by atoms with Gasteiger partial charge in [-0.15, -0.1) is 0 Å². The molecule has 0 aliphatic carbocycles. The van der Waals surface area contributed by atoms with Crippen molar-refractivity contribution >= 4 is 11.8 Å². The molecule has 3 N–H and O–H groups in total. The van der Waals surface area contributed by atoms with Crippen LogP contribution in [0.5, 0.6) is 0 Å². The largest absolute Gasteiger partial charge is 0.444 e. The third kappa shape index (κ3) is 4.68. The molecule has 0 radical (unpaired) electrons. The van der Waals surface area contributed by atoms with Crippen LogP contribution in [-0.4, -0.2) is 16.9 Å². The molecule has 0 bridgehead atoms. The van der Waals surface area contributed by atoms with E-state index in [-0.39, 0.29) is 12.1 Å². The zero-order valence-corrected chi connectivity index (χ0v) is 10.6. The Morgan fingerprint density at radius 3 is 2.67 bits per heavy atom. The Balaban J connectivity index is 2.73.